The minimum Gasteiger partial charge on any atom is -0.373 e. The van der Waals surface area contributed by atoms with Gasteiger partial charge >= 0.3 is 0 Å². The van der Waals surface area contributed by atoms with Crippen molar-refractivity contribution in [3.63, 3.8) is 0 Å². The molecule has 1 heterocycles. The van der Waals surface area contributed by atoms with Gasteiger partial charge in [-0.15, -0.1) is 0 Å². The predicted octanol–water partition coefficient (Wildman–Crippen LogP) is -0.251. The second-order valence-corrected chi connectivity index (χ2v) is 2.33. The summed E-state index contributed by atoms with van der Waals surface area (Å²) in [7, 11) is 0. The maximum Gasteiger partial charge on any atom is 0.0931 e. The maximum atomic E-state index is 5.34. The van der Waals surface area contributed by atoms with Gasteiger partial charge in [-0.1, -0.05) is 0 Å². The Morgan fingerprint density at radius 3 is 2.67 bits per heavy atom. The molecule has 1 rings (SSSR count). The molecule has 1 fully saturated rings. The van der Waals surface area contributed by atoms with Crippen LogP contribution in [0.5, 0.6) is 0 Å². The second kappa shape index (κ2) is 3.15. The van der Waals surface area contributed by atoms with E-state index in [0.717, 1.165) is 0 Å². The molecule has 0 amide bonds. The van der Waals surface area contributed by atoms with Crippen LogP contribution in [0.3, 0.4) is 0 Å². The van der Waals surface area contributed by atoms with Gasteiger partial charge in [0, 0.05) is 6.54 Å². The summed E-state index contributed by atoms with van der Waals surface area (Å²) in [5.74, 6) is 0. The number of rotatable bonds is 1. The van der Waals surface area contributed by atoms with Crippen LogP contribution in [-0.2, 0) is 9.47 Å². The molecule has 2 atom stereocenters. The van der Waals surface area contributed by atoms with Crippen molar-refractivity contribution in [2.45, 2.75) is 19.1 Å². The third-order valence-corrected chi connectivity index (χ3v) is 1.40. The molecule has 1 aliphatic heterocycles. The predicted molar refractivity (Wildman–Crippen MR) is 34.2 cm³/mol. The van der Waals surface area contributed by atoms with Gasteiger partial charge in [0.25, 0.3) is 0 Å². The number of nitrogens with two attached hydrogens (primary N) is 1. The van der Waals surface area contributed by atoms with Gasteiger partial charge in [-0.3, -0.25) is 0 Å². The van der Waals surface area contributed by atoms with E-state index in [0.29, 0.717) is 19.8 Å². The molecule has 0 unspecified atom stereocenters. The topological polar surface area (TPSA) is 44.5 Å². The molecule has 0 aromatic rings. The van der Waals surface area contributed by atoms with E-state index in [-0.39, 0.29) is 12.2 Å². The van der Waals surface area contributed by atoms with E-state index in [2.05, 4.69) is 0 Å². The van der Waals surface area contributed by atoms with Crippen molar-refractivity contribution in [3.05, 3.63) is 0 Å². The SMILES string of the molecule is C[C@@H]1CO[C@@H](CN)CO1. The van der Waals surface area contributed by atoms with E-state index in [1.54, 1.807) is 0 Å². The first-order chi connectivity index (χ1) is 4.33. The van der Waals surface area contributed by atoms with Gasteiger partial charge in [0.15, 0.2) is 0 Å². The van der Waals surface area contributed by atoms with Crippen LogP contribution in [0.25, 0.3) is 0 Å². The summed E-state index contributed by atoms with van der Waals surface area (Å²) in [5, 5.41) is 0. The average molecular weight is 131 g/mol. The molecule has 0 spiro atoms. The van der Waals surface area contributed by atoms with Crippen molar-refractivity contribution < 1.29 is 9.47 Å². The molecular formula is C6H13NO2. The third-order valence-electron chi connectivity index (χ3n) is 1.40. The van der Waals surface area contributed by atoms with Crippen molar-refractivity contribution >= 4 is 0 Å². The Balaban J connectivity index is 2.18. The molecule has 0 bridgehead atoms. The lowest BCUT2D eigenvalue weighted by atomic mass is 10.3. The van der Waals surface area contributed by atoms with Crippen molar-refractivity contribution in [3.8, 4) is 0 Å². The van der Waals surface area contributed by atoms with Crippen LogP contribution in [0.1, 0.15) is 6.92 Å². The van der Waals surface area contributed by atoms with Crippen LogP contribution >= 0.6 is 0 Å². The molecule has 54 valence electrons. The standard InChI is InChI=1S/C6H13NO2/c1-5-3-9-6(2-7)4-8-5/h5-6H,2-4,7H2,1H3/t5-,6+/m1/s1. The monoisotopic (exact) mass is 131 g/mol. The summed E-state index contributed by atoms with van der Waals surface area (Å²) in [6, 6.07) is 0. The molecule has 0 saturated carbocycles. The van der Waals surface area contributed by atoms with Crippen LogP contribution in [-0.4, -0.2) is 32.0 Å². The van der Waals surface area contributed by atoms with Crippen molar-refractivity contribution in [2.24, 2.45) is 5.73 Å². The molecule has 0 aromatic carbocycles. The van der Waals surface area contributed by atoms with E-state index in [1.165, 1.54) is 0 Å². The molecule has 0 aromatic heterocycles. The van der Waals surface area contributed by atoms with Gasteiger partial charge in [-0.25, -0.2) is 0 Å². The van der Waals surface area contributed by atoms with Gasteiger partial charge in [-0.2, -0.15) is 0 Å². The Labute approximate surface area is 55.1 Å². The third kappa shape index (κ3) is 1.93. The summed E-state index contributed by atoms with van der Waals surface area (Å²) in [6.07, 6.45) is 0.369. The summed E-state index contributed by atoms with van der Waals surface area (Å²) in [5.41, 5.74) is 5.34. The fourth-order valence-electron chi connectivity index (χ4n) is 0.775. The van der Waals surface area contributed by atoms with E-state index in [4.69, 9.17) is 15.2 Å². The van der Waals surface area contributed by atoms with Crippen LogP contribution < -0.4 is 5.73 Å². The first-order valence-corrected chi connectivity index (χ1v) is 3.26. The van der Waals surface area contributed by atoms with Crippen LogP contribution in [0, 0.1) is 0 Å². The molecule has 9 heavy (non-hydrogen) atoms. The number of hydrogen-bond donors (Lipinski definition) is 1. The fraction of sp³-hybridized carbons (Fsp3) is 1.00. The average Bonchev–Trinajstić information content (AvgIpc) is 1.90. The fourth-order valence-corrected chi connectivity index (χ4v) is 0.775. The lowest BCUT2D eigenvalue weighted by molar-refractivity contribution is -0.122. The van der Waals surface area contributed by atoms with E-state index < -0.39 is 0 Å². The maximum absolute atomic E-state index is 5.34. The zero-order chi connectivity index (χ0) is 6.69. The van der Waals surface area contributed by atoms with Gasteiger partial charge in [0.05, 0.1) is 25.4 Å². The van der Waals surface area contributed by atoms with Crippen LogP contribution in [0.2, 0.25) is 0 Å². The summed E-state index contributed by atoms with van der Waals surface area (Å²) >= 11 is 0. The smallest absolute Gasteiger partial charge is 0.0931 e. The van der Waals surface area contributed by atoms with E-state index in [1.807, 2.05) is 6.92 Å². The largest absolute Gasteiger partial charge is 0.373 e. The van der Waals surface area contributed by atoms with E-state index in [9.17, 15) is 0 Å². The Morgan fingerprint density at radius 2 is 2.22 bits per heavy atom. The Bertz CT molecular complexity index is 79.1. The van der Waals surface area contributed by atoms with Gasteiger partial charge in [0.2, 0.25) is 0 Å². The van der Waals surface area contributed by atoms with Crippen LogP contribution in [0.4, 0.5) is 0 Å². The molecular weight excluding hydrogens is 118 g/mol. The zero-order valence-electron chi connectivity index (χ0n) is 5.67. The molecule has 0 radical (unpaired) electrons. The van der Waals surface area contributed by atoms with Gasteiger partial charge < -0.3 is 15.2 Å². The highest BCUT2D eigenvalue weighted by Gasteiger charge is 2.16. The van der Waals surface area contributed by atoms with Gasteiger partial charge in [-0.05, 0) is 6.92 Å². The molecule has 0 aliphatic carbocycles. The molecule has 3 heteroatoms. The van der Waals surface area contributed by atoms with Crippen LogP contribution in [0.15, 0.2) is 0 Å². The number of ether oxygens (including phenoxy) is 2. The normalized spacial score (nSPS) is 36.7. The second-order valence-electron chi connectivity index (χ2n) is 2.33. The van der Waals surface area contributed by atoms with Gasteiger partial charge in [0.1, 0.15) is 0 Å². The molecule has 2 N–H and O–H groups in total. The van der Waals surface area contributed by atoms with Crippen molar-refractivity contribution in [1.29, 1.82) is 0 Å². The Morgan fingerprint density at radius 1 is 1.44 bits per heavy atom. The Hall–Kier alpha value is -0.120. The lowest BCUT2D eigenvalue weighted by Gasteiger charge is -2.26. The highest BCUT2D eigenvalue weighted by Crippen LogP contribution is 2.04. The van der Waals surface area contributed by atoms with Crippen molar-refractivity contribution in [2.75, 3.05) is 19.8 Å². The highest BCUT2D eigenvalue weighted by atomic mass is 16.6. The molecule has 1 aliphatic rings. The van der Waals surface area contributed by atoms with E-state index >= 15 is 0 Å². The molecule has 3 nitrogen and oxygen atoms in total. The number of hydrogen-bond acceptors (Lipinski definition) is 3. The Kier molecular flexibility index (Phi) is 2.45. The minimum atomic E-state index is 0.126. The highest BCUT2D eigenvalue weighted by molar-refractivity contribution is 4.64. The summed E-state index contributed by atoms with van der Waals surface area (Å²) in [6.45, 7) is 3.89. The lowest BCUT2D eigenvalue weighted by Crippen LogP contribution is -2.38. The zero-order valence-corrected chi connectivity index (χ0v) is 5.67. The molecule has 1 saturated heterocycles. The van der Waals surface area contributed by atoms with Crippen molar-refractivity contribution in [1.82, 2.24) is 0 Å². The quantitative estimate of drug-likeness (QED) is 0.533. The minimum absolute atomic E-state index is 0.126. The summed E-state index contributed by atoms with van der Waals surface area (Å²) < 4.78 is 10.6. The first kappa shape index (κ1) is 6.99. The first-order valence-electron chi connectivity index (χ1n) is 3.26. The summed E-state index contributed by atoms with van der Waals surface area (Å²) in [4.78, 5) is 0.